The van der Waals surface area contributed by atoms with Crippen LogP contribution >= 0.6 is 11.6 Å². The topological polar surface area (TPSA) is 20.2 Å². The second-order valence-corrected chi connectivity index (χ2v) is 2.01. The summed E-state index contributed by atoms with van der Waals surface area (Å²) in [5.74, 6) is 0. The van der Waals surface area contributed by atoms with E-state index in [4.69, 9.17) is 16.7 Å². The molecule has 0 aliphatic rings. The fraction of sp³-hybridized carbons (Fsp3) is 0.143. The summed E-state index contributed by atoms with van der Waals surface area (Å²) in [5.41, 5.74) is 0.676. The highest BCUT2D eigenvalue weighted by atomic mass is 35.5. The van der Waals surface area contributed by atoms with Gasteiger partial charge in [0.1, 0.15) is 0 Å². The fourth-order valence-electron chi connectivity index (χ4n) is 0.370. The van der Waals surface area contributed by atoms with Gasteiger partial charge in [0.05, 0.1) is 6.61 Å². The Kier molecular flexibility index (Phi) is 4.10. The van der Waals surface area contributed by atoms with Crippen LogP contribution in [-0.2, 0) is 0 Å². The molecule has 0 bridgehead atoms. The minimum absolute atomic E-state index is 0.0464. The van der Waals surface area contributed by atoms with Crippen LogP contribution in [0.3, 0.4) is 0 Å². The third kappa shape index (κ3) is 4.01. The maximum atomic E-state index is 8.54. The number of hydrogen-bond acceptors (Lipinski definition) is 1. The number of aliphatic hydroxyl groups excluding tert-OH is 1. The van der Waals surface area contributed by atoms with E-state index in [9.17, 15) is 0 Å². The van der Waals surface area contributed by atoms with Gasteiger partial charge < -0.3 is 5.11 Å². The van der Waals surface area contributed by atoms with Gasteiger partial charge in [-0.2, -0.15) is 0 Å². The summed E-state index contributed by atoms with van der Waals surface area (Å²) < 4.78 is 0. The first-order chi connectivity index (χ1) is 4.20. The van der Waals surface area contributed by atoms with Gasteiger partial charge in [0.2, 0.25) is 0 Å². The number of halogens is 1. The maximum Gasteiger partial charge on any atom is 0.0682 e. The first kappa shape index (κ1) is 8.47. The Morgan fingerprint density at radius 1 is 1.67 bits per heavy atom. The van der Waals surface area contributed by atoms with Crippen molar-refractivity contribution in [2.75, 3.05) is 6.61 Å². The van der Waals surface area contributed by atoms with Crippen LogP contribution in [0, 0.1) is 0 Å². The SMILES string of the molecule is C=C/C(=C\C(=C)Cl)CO. The van der Waals surface area contributed by atoms with Crippen molar-refractivity contribution in [3.8, 4) is 0 Å². The number of hydrogen-bond donors (Lipinski definition) is 1. The molecule has 0 aromatic carbocycles. The van der Waals surface area contributed by atoms with E-state index in [-0.39, 0.29) is 6.61 Å². The molecule has 0 saturated heterocycles. The molecule has 0 unspecified atom stereocenters. The predicted molar refractivity (Wildman–Crippen MR) is 40.4 cm³/mol. The summed E-state index contributed by atoms with van der Waals surface area (Å²) in [6.07, 6.45) is 3.10. The minimum atomic E-state index is -0.0464. The number of aliphatic hydroxyl groups is 1. The number of allylic oxidation sites excluding steroid dienone is 2. The molecule has 0 fully saturated rings. The zero-order valence-electron chi connectivity index (χ0n) is 5.10. The van der Waals surface area contributed by atoms with Crippen molar-refractivity contribution < 1.29 is 5.11 Å². The molecule has 0 aliphatic carbocycles. The third-order valence-corrected chi connectivity index (χ3v) is 0.896. The molecule has 0 heterocycles. The van der Waals surface area contributed by atoms with Crippen molar-refractivity contribution in [1.82, 2.24) is 0 Å². The van der Waals surface area contributed by atoms with Gasteiger partial charge >= 0.3 is 0 Å². The largest absolute Gasteiger partial charge is 0.392 e. The Labute approximate surface area is 60.0 Å². The van der Waals surface area contributed by atoms with E-state index in [0.29, 0.717) is 10.6 Å². The van der Waals surface area contributed by atoms with Crippen LogP contribution in [0.2, 0.25) is 0 Å². The maximum absolute atomic E-state index is 8.54. The smallest absolute Gasteiger partial charge is 0.0682 e. The van der Waals surface area contributed by atoms with E-state index < -0.39 is 0 Å². The molecule has 2 heteroatoms. The van der Waals surface area contributed by atoms with Crippen molar-refractivity contribution in [1.29, 1.82) is 0 Å². The molecular formula is C7H9ClO. The lowest BCUT2D eigenvalue weighted by Crippen LogP contribution is -1.83. The lowest BCUT2D eigenvalue weighted by molar-refractivity contribution is 0.335. The van der Waals surface area contributed by atoms with Gasteiger partial charge in [0.25, 0.3) is 0 Å². The van der Waals surface area contributed by atoms with Crippen molar-refractivity contribution in [3.05, 3.63) is 35.9 Å². The van der Waals surface area contributed by atoms with Crippen LogP contribution in [-0.4, -0.2) is 11.7 Å². The van der Waals surface area contributed by atoms with Gasteiger partial charge in [-0.3, -0.25) is 0 Å². The van der Waals surface area contributed by atoms with Gasteiger partial charge in [0, 0.05) is 5.03 Å². The summed E-state index contributed by atoms with van der Waals surface area (Å²) in [5, 5.41) is 8.94. The van der Waals surface area contributed by atoms with Gasteiger partial charge in [-0.15, -0.1) is 0 Å². The Morgan fingerprint density at radius 2 is 2.22 bits per heavy atom. The van der Waals surface area contributed by atoms with Gasteiger partial charge in [-0.25, -0.2) is 0 Å². The third-order valence-electron chi connectivity index (χ3n) is 0.787. The van der Waals surface area contributed by atoms with Gasteiger partial charge in [0.15, 0.2) is 0 Å². The van der Waals surface area contributed by atoms with Crippen LogP contribution in [0.5, 0.6) is 0 Å². The Balaban J connectivity index is 4.07. The quantitative estimate of drug-likeness (QED) is 0.600. The standard InChI is InChI=1S/C7H9ClO/c1-3-7(5-9)4-6(2)8/h3-4,9H,1-2,5H2/b7-4+. The van der Waals surface area contributed by atoms with Gasteiger partial charge in [-0.1, -0.05) is 30.8 Å². The highest BCUT2D eigenvalue weighted by Crippen LogP contribution is 2.03. The molecule has 0 amide bonds. The molecule has 0 spiro atoms. The fourth-order valence-corrected chi connectivity index (χ4v) is 0.510. The molecule has 9 heavy (non-hydrogen) atoms. The normalized spacial score (nSPS) is 11.1. The molecule has 1 nitrogen and oxygen atoms in total. The van der Waals surface area contributed by atoms with E-state index in [1.54, 1.807) is 6.08 Å². The van der Waals surface area contributed by atoms with Crippen LogP contribution in [0.4, 0.5) is 0 Å². The average molecular weight is 145 g/mol. The number of rotatable bonds is 3. The molecule has 50 valence electrons. The van der Waals surface area contributed by atoms with Crippen molar-refractivity contribution in [3.63, 3.8) is 0 Å². The zero-order valence-corrected chi connectivity index (χ0v) is 5.86. The molecular weight excluding hydrogens is 136 g/mol. The average Bonchev–Trinajstić information content (AvgIpc) is 1.82. The highest BCUT2D eigenvalue weighted by Gasteiger charge is 1.86. The lowest BCUT2D eigenvalue weighted by atomic mass is 10.2. The molecule has 0 atom stereocenters. The van der Waals surface area contributed by atoms with E-state index in [0.717, 1.165) is 0 Å². The lowest BCUT2D eigenvalue weighted by Gasteiger charge is -1.91. The summed E-state index contributed by atoms with van der Waals surface area (Å²) >= 11 is 5.40. The minimum Gasteiger partial charge on any atom is -0.392 e. The van der Waals surface area contributed by atoms with E-state index in [1.807, 2.05) is 0 Å². The van der Waals surface area contributed by atoms with E-state index >= 15 is 0 Å². The molecule has 0 rings (SSSR count). The Morgan fingerprint density at radius 3 is 2.33 bits per heavy atom. The molecule has 1 N–H and O–H groups in total. The summed E-state index contributed by atoms with van der Waals surface area (Å²) in [7, 11) is 0. The zero-order chi connectivity index (χ0) is 7.28. The van der Waals surface area contributed by atoms with E-state index in [1.165, 1.54) is 6.08 Å². The van der Waals surface area contributed by atoms with Crippen molar-refractivity contribution >= 4 is 11.6 Å². The van der Waals surface area contributed by atoms with Crippen molar-refractivity contribution in [2.45, 2.75) is 0 Å². The van der Waals surface area contributed by atoms with Crippen LogP contribution < -0.4 is 0 Å². The molecule has 0 aromatic rings. The van der Waals surface area contributed by atoms with Crippen molar-refractivity contribution in [2.24, 2.45) is 0 Å². The monoisotopic (exact) mass is 144 g/mol. The Hall–Kier alpha value is -0.530. The molecule has 0 saturated carbocycles. The van der Waals surface area contributed by atoms with Gasteiger partial charge in [-0.05, 0) is 11.6 Å². The summed E-state index contributed by atoms with van der Waals surface area (Å²) in [4.78, 5) is 0. The molecule has 0 aromatic heterocycles. The Bertz CT molecular complexity index is 147. The first-order valence-corrected chi connectivity index (χ1v) is 2.86. The summed E-state index contributed by atoms with van der Waals surface area (Å²) in [6, 6.07) is 0. The highest BCUT2D eigenvalue weighted by molar-refractivity contribution is 6.30. The first-order valence-electron chi connectivity index (χ1n) is 2.49. The molecule has 0 aliphatic heterocycles. The van der Waals surface area contributed by atoms with Crippen LogP contribution in [0.15, 0.2) is 35.9 Å². The molecule has 0 radical (unpaired) electrons. The second kappa shape index (κ2) is 4.36. The van der Waals surface area contributed by atoms with E-state index in [2.05, 4.69) is 13.2 Å². The predicted octanol–water partition coefficient (Wildman–Crippen LogP) is 1.84. The summed E-state index contributed by atoms with van der Waals surface area (Å²) in [6.45, 7) is 6.83. The van der Waals surface area contributed by atoms with Crippen LogP contribution in [0.1, 0.15) is 0 Å². The second-order valence-electron chi connectivity index (χ2n) is 1.53. The van der Waals surface area contributed by atoms with Crippen LogP contribution in [0.25, 0.3) is 0 Å².